The van der Waals surface area contributed by atoms with E-state index in [4.69, 9.17) is 0 Å². The minimum absolute atomic E-state index is 0.289. The van der Waals surface area contributed by atoms with Gasteiger partial charge >= 0.3 is 0 Å². The molecule has 100 valence electrons. The molecule has 1 aliphatic rings. The van der Waals surface area contributed by atoms with Crippen molar-refractivity contribution in [3.63, 3.8) is 0 Å². The van der Waals surface area contributed by atoms with Gasteiger partial charge in [0.05, 0.1) is 0 Å². The van der Waals surface area contributed by atoms with E-state index < -0.39 is 11.6 Å². The molecule has 18 heavy (non-hydrogen) atoms. The van der Waals surface area contributed by atoms with Crippen LogP contribution in [0.2, 0.25) is 0 Å². The molecule has 1 aromatic carbocycles. The Morgan fingerprint density at radius 2 is 1.89 bits per heavy atom. The molecule has 2 rings (SSSR count). The second kappa shape index (κ2) is 6.28. The average Bonchev–Trinajstić information content (AvgIpc) is 2.77. The molecule has 3 heteroatoms. The quantitative estimate of drug-likeness (QED) is 0.718. The van der Waals surface area contributed by atoms with Crippen LogP contribution >= 0.6 is 0 Å². The lowest BCUT2D eigenvalue weighted by atomic mass is 9.98. The van der Waals surface area contributed by atoms with E-state index in [0.717, 1.165) is 37.7 Å². The van der Waals surface area contributed by atoms with Crippen molar-refractivity contribution in [2.24, 2.45) is 0 Å². The molecule has 0 amide bonds. The van der Waals surface area contributed by atoms with Crippen molar-refractivity contribution >= 4 is 0 Å². The molecule has 1 fully saturated rings. The molecule has 0 spiro atoms. The van der Waals surface area contributed by atoms with E-state index in [9.17, 15) is 8.78 Å². The lowest BCUT2D eigenvalue weighted by Crippen LogP contribution is -2.21. The average molecular weight is 253 g/mol. The summed E-state index contributed by atoms with van der Waals surface area (Å²) >= 11 is 0. The summed E-state index contributed by atoms with van der Waals surface area (Å²) < 4.78 is 26.3. The van der Waals surface area contributed by atoms with Crippen LogP contribution in [0.3, 0.4) is 0 Å². The number of rotatable bonds is 5. The molecule has 1 aliphatic heterocycles. The van der Waals surface area contributed by atoms with Gasteiger partial charge in [-0.1, -0.05) is 19.8 Å². The lowest BCUT2D eigenvalue weighted by Gasteiger charge is -2.16. The second-order valence-corrected chi connectivity index (χ2v) is 5.20. The lowest BCUT2D eigenvalue weighted by molar-refractivity contribution is 0.325. The van der Waals surface area contributed by atoms with Gasteiger partial charge in [0.1, 0.15) is 11.6 Å². The van der Waals surface area contributed by atoms with E-state index in [1.54, 1.807) is 0 Å². The second-order valence-electron chi connectivity index (χ2n) is 5.20. The number of halogens is 2. The standard InChI is InChI=1S/C15H21F2N/c1-2-3-4-6-18-7-5-12(11-18)13-8-14(16)10-15(17)9-13/h8-10,12H,2-7,11H2,1H3. The molecule has 1 aromatic rings. The first-order valence-corrected chi connectivity index (χ1v) is 6.87. The predicted molar refractivity (Wildman–Crippen MR) is 69.7 cm³/mol. The van der Waals surface area contributed by atoms with E-state index in [0.29, 0.717) is 0 Å². The number of nitrogens with zero attached hydrogens (tertiary/aromatic N) is 1. The fourth-order valence-electron chi connectivity index (χ4n) is 2.70. The highest BCUT2D eigenvalue weighted by Crippen LogP contribution is 2.28. The van der Waals surface area contributed by atoms with Gasteiger partial charge in [0.2, 0.25) is 0 Å². The molecule has 1 heterocycles. The number of unbranched alkanes of at least 4 members (excludes halogenated alkanes) is 2. The minimum Gasteiger partial charge on any atom is -0.303 e. The van der Waals surface area contributed by atoms with Crippen molar-refractivity contribution in [2.45, 2.75) is 38.5 Å². The Morgan fingerprint density at radius 1 is 1.17 bits per heavy atom. The topological polar surface area (TPSA) is 3.24 Å². The molecule has 0 saturated carbocycles. The maximum absolute atomic E-state index is 13.2. The predicted octanol–water partition coefficient (Wildman–Crippen LogP) is 3.94. The van der Waals surface area contributed by atoms with Gasteiger partial charge in [-0.3, -0.25) is 0 Å². The summed E-state index contributed by atoms with van der Waals surface area (Å²) in [5.74, 6) is -0.638. The van der Waals surface area contributed by atoms with Crippen molar-refractivity contribution in [1.82, 2.24) is 4.90 Å². The highest BCUT2D eigenvalue weighted by Gasteiger charge is 2.24. The van der Waals surface area contributed by atoms with Crippen molar-refractivity contribution in [3.8, 4) is 0 Å². The molecule has 1 saturated heterocycles. The monoisotopic (exact) mass is 253 g/mol. The number of benzene rings is 1. The Labute approximate surface area is 108 Å². The summed E-state index contributed by atoms with van der Waals surface area (Å²) in [6.45, 7) is 5.30. The number of hydrogen-bond donors (Lipinski definition) is 0. The fraction of sp³-hybridized carbons (Fsp3) is 0.600. The first kappa shape index (κ1) is 13.5. The number of hydrogen-bond acceptors (Lipinski definition) is 1. The summed E-state index contributed by atoms with van der Waals surface area (Å²) in [5.41, 5.74) is 0.811. The molecule has 0 aromatic heterocycles. The summed E-state index contributed by atoms with van der Waals surface area (Å²) in [4.78, 5) is 2.41. The van der Waals surface area contributed by atoms with Crippen molar-refractivity contribution in [1.29, 1.82) is 0 Å². The zero-order valence-electron chi connectivity index (χ0n) is 11.0. The van der Waals surface area contributed by atoms with Gasteiger partial charge < -0.3 is 4.90 Å². The van der Waals surface area contributed by atoms with E-state index in [1.807, 2.05) is 0 Å². The smallest absolute Gasteiger partial charge is 0.126 e. The molecule has 1 unspecified atom stereocenters. The zero-order chi connectivity index (χ0) is 13.0. The van der Waals surface area contributed by atoms with Gasteiger partial charge in [-0.05, 0) is 49.5 Å². The van der Waals surface area contributed by atoms with E-state index in [2.05, 4.69) is 11.8 Å². The summed E-state index contributed by atoms with van der Waals surface area (Å²) in [6.07, 6.45) is 4.72. The van der Waals surface area contributed by atoms with Crippen LogP contribution in [0.15, 0.2) is 18.2 Å². The Kier molecular flexibility index (Phi) is 4.70. The molecule has 0 bridgehead atoms. The van der Waals surface area contributed by atoms with Crippen molar-refractivity contribution in [3.05, 3.63) is 35.4 Å². The van der Waals surface area contributed by atoms with Crippen LogP contribution in [0.5, 0.6) is 0 Å². The van der Waals surface area contributed by atoms with Gasteiger partial charge in [-0.25, -0.2) is 8.78 Å². The van der Waals surface area contributed by atoms with Gasteiger partial charge in [-0.2, -0.15) is 0 Å². The van der Waals surface area contributed by atoms with Gasteiger partial charge in [0.25, 0.3) is 0 Å². The summed E-state index contributed by atoms with van der Waals surface area (Å²) in [6, 6.07) is 3.89. The molecular weight excluding hydrogens is 232 g/mol. The highest BCUT2D eigenvalue weighted by molar-refractivity contribution is 5.23. The Balaban J connectivity index is 1.91. The molecule has 0 radical (unpaired) electrons. The van der Waals surface area contributed by atoms with Crippen molar-refractivity contribution < 1.29 is 8.78 Å². The first-order valence-electron chi connectivity index (χ1n) is 6.87. The van der Waals surface area contributed by atoms with Gasteiger partial charge in [-0.15, -0.1) is 0 Å². The van der Waals surface area contributed by atoms with Crippen LogP contribution in [0.25, 0.3) is 0 Å². The molecule has 0 aliphatic carbocycles. The van der Waals surface area contributed by atoms with E-state index >= 15 is 0 Å². The number of likely N-dealkylation sites (tertiary alicyclic amines) is 1. The third kappa shape index (κ3) is 3.52. The molecule has 1 atom stereocenters. The van der Waals surface area contributed by atoms with E-state index in [-0.39, 0.29) is 5.92 Å². The maximum Gasteiger partial charge on any atom is 0.126 e. The largest absolute Gasteiger partial charge is 0.303 e. The Hall–Kier alpha value is -0.960. The van der Waals surface area contributed by atoms with E-state index in [1.165, 1.54) is 31.4 Å². The zero-order valence-corrected chi connectivity index (χ0v) is 11.0. The maximum atomic E-state index is 13.2. The van der Waals surface area contributed by atoms with Crippen LogP contribution < -0.4 is 0 Å². The Morgan fingerprint density at radius 3 is 2.56 bits per heavy atom. The third-order valence-corrected chi connectivity index (χ3v) is 3.71. The van der Waals surface area contributed by atoms with Gasteiger partial charge in [0, 0.05) is 12.6 Å². The fourth-order valence-corrected chi connectivity index (χ4v) is 2.70. The SMILES string of the molecule is CCCCCN1CCC(c2cc(F)cc(F)c2)C1. The van der Waals surface area contributed by atoms with Crippen LogP contribution in [0, 0.1) is 11.6 Å². The molecule has 0 N–H and O–H groups in total. The van der Waals surface area contributed by atoms with Crippen LogP contribution in [0.4, 0.5) is 8.78 Å². The minimum atomic E-state index is -0.463. The molecule has 1 nitrogen and oxygen atoms in total. The normalized spacial score (nSPS) is 20.5. The highest BCUT2D eigenvalue weighted by atomic mass is 19.1. The first-order chi connectivity index (χ1) is 8.69. The van der Waals surface area contributed by atoms with Crippen LogP contribution in [0.1, 0.15) is 44.1 Å². The molecular formula is C15H21F2N. The van der Waals surface area contributed by atoms with Crippen molar-refractivity contribution in [2.75, 3.05) is 19.6 Å². The van der Waals surface area contributed by atoms with Crippen LogP contribution in [-0.4, -0.2) is 24.5 Å². The van der Waals surface area contributed by atoms with Crippen LogP contribution in [-0.2, 0) is 0 Å². The Bertz CT molecular complexity index is 372. The third-order valence-electron chi connectivity index (χ3n) is 3.71. The summed E-state index contributed by atoms with van der Waals surface area (Å²) in [5, 5.41) is 0. The van der Waals surface area contributed by atoms with Gasteiger partial charge in [0.15, 0.2) is 0 Å². The summed E-state index contributed by atoms with van der Waals surface area (Å²) in [7, 11) is 0.